The number of hydrogen-bond donors (Lipinski definition) is 2. The summed E-state index contributed by atoms with van der Waals surface area (Å²) in [4.78, 5) is 36.0. The third-order valence-corrected chi connectivity index (χ3v) is 5.20. The van der Waals surface area contributed by atoms with Gasteiger partial charge in [0, 0.05) is 19.9 Å². The minimum atomic E-state index is -0.590. The molecule has 0 spiro atoms. The summed E-state index contributed by atoms with van der Waals surface area (Å²) in [5, 5.41) is 5.46. The molecule has 2 aromatic rings. The fourth-order valence-corrected chi connectivity index (χ4v) is 3.34. The van der Waals surface area contributed by atoms with Gasteiger partial charge < -0.3 is 15.4 Å². The maximum atomic E-state index is 12.8. The number of amides is 2. The second-order valence-corrected chi connectivity index (χ2v) is 8.13. The van der Waals surface area contributed by atoms with Crippen molar-refractivity contribution in [3.63, 3.8) is 0 Å². The average molecular weight is 439 g/mol. The first-order valence-corrected chi connectivity index (χ1v) is 11.2. The zero-order valence-electron chi connectivity index (χ0n) is 19.0. The highest BCUT2D eigenvalue weighted by molar-refractivity contribution is 5.89. The van der Waals surface area contributed by atoms with Gasteiger partial charge in [-0.15, -0.1) is 0 Å². The monoisotopic (exact) mass is 438 g/mol. The molecule has 32 heavy (non-hydrogen) atoms. The number of ketones is 1. The van der Waals surface area contributed by atoms with Crippen LogP contribution in [0.5, 0.6) is 0 Å². The third-order valence-electron chi connectivity index (χ3n) is 5.20. The maximum Gasteiger partial charge on any atom is 0.220 e. The molecule has 0 aliphatic heterocycles. The minimum Gasteiger partial charge on any atom is -0.366 e. The second kappa shape index (κ2) is 14.1. The summed E-state index contributed by atoms with van der Waals surface area (Å²) in [6.07, 6.45) is 1.71. The minimum absolute atomic E-state index is 0.0501. The molecule has 0 aliphatic rings. The van der Waals surface area contributed by atoms with Crippen molar-refractivity contribution in [3.8, 4) is 0 Å². The van der Waals surface area contributed by atoms with Crippen molar-refractivity contribution >= 4 is 17.6 Å². The van der Waals surface area contributed by atoms with E-state index in [0.29, 0.717) is 32.4 Å². The van der Waals surface area contributed by atoms with Crippen LogP contribution in [-0.4, -0.2) is 36.8 Å². The Labute approximate surface area is 190 Å². The van der Waals surface area contributed by atoms with Gasteiger partial charge in [0.25, 0.3) is 0 Å². The van der Waals surface area contributed by atoms with Gasteiger partial charge in [-0.05, 0) is 36.3 Å². The molecule has 0 heterocycles. The number of hydrogen-bond acceptors (Lipinski definition) is 4. The Morgan fingerprint density at radius 2 is 1.50 bits per heavy atom. The molecule has 2 N–H and O–H groups in total. The molecule has 2 aromatic carbocycles. The Balaban J connectivity index is 1.84. The number of rotatable bonds is 14. The van der Waals surface area contributed by atoms with Crippen molar-refractivity contribution < 1.29 is 19.1 Å². The normalized spacial score (nSPS) is 12.6. The van der Waals surface area contributed by atoms with Crippen molar-refractivity contribution in [2.24, 2.45) is 5.92 Å². The Kier molecular flexibility index (Phi) is 11.2. The topological polar surface area (TPSA) is 84.5 Å². The number of nitrogens with one attached hydrogen (secondary N) is 2. The molecule has 6 heteroatoms. The summed E-state index contributed by atoms with van der Waals surface area (Å²) in [6, 6.07) is 19.7. The molecule has 172 valence electrons. The van der Waals surface area contributed by atoms with E-state index in [-0.39, 0.29) is 30.1 Å². The maximum absolute atomic E-state index is 12.8. The van der Waals surface area contributed by atoms with Crippen molar-refractivity contribution in [2.45, 2.75) is 52.2 Å². The van der Waals surface area contributed by atoms with Gasteiger partial charge in [-0.3, -0.25) is 14.4 Å². The molecule has 2 rings (SSSR count). The lowest BCUT2D eigenvalue weighted by atomic mass is 10.0. The highest BCUT2D eigenvalue weighted by Gasteiger charge is 2.20. The highest BCUT2D eigenvalue weighted by Crippen LogP contribution is 2.12. The molecule has 0 saturated carbocycles. The number of ether oxygens (including phenoxy) is 1. The average Bonchev–Trinajstić information content (AvgIpc) is 2.78. The van der Waals surface area contributed by atoms with E-state index in [1.54, 1.807) is 0 Å². The second-order valence-electron chi connectivity index (χ2n) is 8.13. The van der Waals surface area contributed by atoms with E-state index >= 15 is 0 Å². The van der Waals surface area contributed by atoms with Gasteiger partial charge in [-0.2, -0.15) is 0 Å². The number of aryl methyl sites for hydroxylation is 1. The van der Waals surface area contributed by atoms with Gasteiger partial charge in [-0.25, -0.2) is 0 Å². The van der Waals surface area contributed by atoms with Gasteiger partial charge in [0.15, 0.2) is 5.78 Å². The summed E-state index contributed by atoms with van der Waals surface area (Å²) >= 11 is 0. The molecule has 0 radical (unpaired) electrons. The van der Waals surface area contributed by atoms with Crippen LogP contribution < -0.4 is 10.6 Å². The van der Waals surface area contributed by atoms with Crippen LogP contribution in [0, 0.1) is 5.92 Å². The molecular formula is C26H34N2O4. The standard InChI is InChI=1S/C26H34N2O4/c1-20(15-16-27-21(2)29)17-26(31)28-18-24(30)25(14-13-22-9-5-3-6-10-22)32-19-23-11-7-4-8-12-23/h3-12,20,25H,13-19H2,1-2H3,(H,27,29)(H,28,31). The van der Waals surface area contributed by atoms with Crippen LogP contribution in [0.4, 0.5) is 0 Å². The Morgan fingerprint density at radius 3 is 2.12 bits per heavy atom. The van der Waals surface area contributed by atoms with E-state index in [2.05, 4.69) is 10.6 Å². The predicted molar refractivity (Wildman–Crippen MR) is 125 cm³/mol. The van der Waals surface area contributed by atoms with Gasteiger partial charge >= 0.3 is 0 Å². The Morgan fingerprint density at radius 1 is 0.875 bits per heavy atom. The molecule has 2 unspecified atom stereocenters. The summed E-state index contributed by atoms with van der Waals surface area (Å²) in [7, 11) is 0. The highest BCUT2D eigenvalue weighted by atomic mass is 16.5. The van der Waals surface area contributed by atoms with Crippen LogP contribution in [0.25, 0.3) is 0 Å². The first-order valence-electron chi connectivity index (χ1n) is 11.2. The zero-order valence-corrected chi connectivity index (χ0v) is 19.0. The molecular weight excluding hydrogens is 404 g/mol. The SMILES string of the molecule is CC(=O)NCCC(C)CC(=O)NCC(=O)C(CCc1ccccc1)OCc1ccccc1. The van der Waals surface area contributed by atoms with Crippen LogP contribution in [0.15, 0.2) is 60.7 Å². The van der Waals surface area contributed by atoms with E-state index in [0.717, 1.165) is 17.5 Å². The van der Waals surface area contributed by atoms with Crippen LogP contribution in [-0.2, 0) is 32.1 Å². The molecule has 2 atom stereocenters. The number of benzene rings is 2. The van der Waals surface area contributed by atoms with E-state index < -0.39 is 6.10 Å². The number of Topliss-reactive ketones (excluding diaryl/α,β-unsaturated/α-hetero) is 1. The fourth-order valence-electron chi connectivity index (χ4n) is 3.34. The van der Waals surface area contributed by atoms with Crippen LogP contribution in [0.1, 0.15) is 44.2 Å². The van der Waals surface area contributed by atoms with Crippen molar-refractivity contribution in [2.75, 3.05) is 13.1 Å². The van der Waals surface area contributed by atoms with Gasteiger partial charge in [0.2, 0.25) is 11.8 Å². The first kappa shape index (κ1) is 25.3. The van der Waals surface area contributed by atoms with Gasteiger partial charge in [-0.1, -0.05) is 67.6 Å². The van der Waals surface area contributed by atoms with Gasteiger partial charge in [0.05, 0.1) is 13.2 Å². The smallest absolute Gasteiger partial charge is 0.220 e. The molecule has 0 aromatic heterocycles. The summed E-state index contributed by atoms with van der Waals surface area (Å²) < 4.78 is 5.96. The first-order chi connectivity index (χ1) is 15.4. The lowest BCUT2D eigenvalue weighted by Crippen LogP contribution is -2.37. The van der Waals surface area contributed by atoms with Crippen molar-refractivity contribution in [1.29, 1.82) is 0 Å². The van der Waals surface area contributed by atoms with E-state index in [4.69, 9.17) is 4.74 Å². The molecule has 0 fully saturated rings. The Hall–Kier alpha value is -2.99. The third kappa shape index (κ3) is 10.4. The van der Waals surface area contributed by atoms with Crippen LogP contribution in [0.2, 0.25) is 0 Å². The van der Waals surface area contributed by atoms with Crippen LogP contribution >= 0.6 is 0 Å². The largest absolute Gasteiger partial charge is 0.366 e. The van der Waals surface area contributed by atoms with Crippen molar-refractivity contribution in [1.82, 2.24) is 10.6 Å². The quantitative estimate of drug-likeness (QED) is 0.473. The van der Waals surface area contributed by atoms with Gasteiger partial charge in [0.1, 0.15) is 6.10 Å². The van der Waals surface area contributed by atoms with E-state index in [9.17, 15) is 14.4 Å². The molecule has 2 amide bonds. The number of carbonyl (C=O) groups is 3. The molecule has 0 aliphatic carbocycles. The van der Waals surface area contributed by atoms with Crippen LogP contribution in [0.3, 0.4) is 0 Å². The summed E-state index contributed by atoms with van der Waals surface area (Å²) in [5.41, 5.74) is 2.15. The molecule has 0 saturated heterocycles. The molecule has 0 bridgehead atoms. The van der Waals surface area contributed by atoms with E-state index in [1.807, 2.05) is 67.6 Å². The predicted octanol–water partition coefficient (Wildman–Crippen LogP) is 3.44. The lowest BCUT2D eigenvalue weighted by molar-refractivity contribution is -0.133. The Bertz CT molecular complexity index is 796. The lowest BCUT2D eigenvalue weighted by Gasteiger charge is -2.18. The summed E-state index contributed by atoms with van der Waals surface area (Å²) in [6.45, 7) is 4.26. The molecule has 6 nitrogen and oxygen atoms in total. The summed E-state index contributed by atoms with van der Waals surface area (Å²) in [5.74, 6) is -0.265. The number of carbonyl (C=O) groups excluding carboxylic acids is 3. The fraction of sp³-hybridized carbons (Fsp3) is 0.423. The zero-order chi connectivity index (χ0) is 23.2. The van der Waals surface area contributed by atoms with Crippen molar-refractivity contribution in [3.05, 3.63) is 71.8 Å². The van der Waals surface area contributed by atoms with E-state index in [1.165, 1.54) is 6.92 Å².